The highest BCUT2D eigenvalue weighted by Crippen LogP contribution is 2.50. The molecular formula is C42H24N4OS. The molecule has 1 aliphatic heterocycles. The first-order valence-corrected chi connectivity index (χ1v) is 16.8. The van der Waals surface area contributed by atoms with Crippen LogP contribution >= 0.6 is 11.8 Å². The van der Waals surface area contributed by atoms with Gasteiger partial charge in [0.15, 0.2) is 11.4 Å². The van der Waals surface area contributed by atoms with Crippen LogP contribution in [0.2, 0.25) is 0 Å². The summed E-state index contributed by atoms with van der Waals surface area (Å²) in [6.45, 7) is 0. The van der Waals surface area contributed by atoms with E-state index in [1.807, 2.05) is 48.2 Å². The summed E-state index contributed by atoms with van der Waals surface area (Å²) in [5.74, 6) is 0.669. The number of furan rings is 1. The average molecular weight is 633 g/mol. The molecule has 6 heteroatoms. The monoisotopic (exact) mass is 632 g/mol. The summed E-state index contributed by atoms with van der Waals surface area (Å²) in [5.41, 5.74) is 10.9. The third-order valence-electron chi connectivity index (χ3n) is 9.51. The Morgan fingerprint density at radius 2 is 1.31 bits per heavy atom. The van der Waals surface area contributed by atoms with Gasteiger partial charge in [-0.15, -0.1) is 0 Å². The van der Waals surface area contributed by atoms with Crippen LogP contribution in [0.15, 0.2) is 160 Å². The van der Waals surface area contributed by atoms with Crippen molar-refractivity contribution in [2.45, 2.75) is 9.79 Å². The highest BCUT2D eigenvalue weighted by molar-refractivity contribution is 7.99. The summed E-state index contributed by atoms with van der Waals surface area (Å²) in [5, 5.41) is 4.75. The number of nitrogens with zero attached hydrogens (tertiary/aromatic N) is 4. The number of benzene rings is 6. The van der Waals surface area contributed by atoms with Crippen LogP contribution in [0.25, 0.3) is 88.9 Å². The number of aromatic nitrogens is 4. The van der Waals surface area contributed by atoms with Gasteiger partial charge in [-0.2, -0.15) is 0 Å². The van der Waals surface area contributed by atoms with E-state index < -0.39 is 0 Å². The van der Waals surface area contributed by atoms with E-state index in [1.165, 1.54) is 37.0 Å². The van der Waals surface area contributed by atoms with Gasteiger partial charge >= 0.3 is 0 Å². The van der Waals surface area contributed by atoms with Crippen LogP contribution in [0.3, 0.4) is 0 Å². The van der Waals surface area contributed by atoms with Crippen LogP contribution in [-0.2, 0) is 0 Å². The number of fused-ring (bicyclic) bond motifs is 10. The molecule has 0 saturated heterocycles. The molecule has 5 nitrogen and oxygen atoms in total. The van der Waals surface area contributed by atoms with Gasteiger partial charge in [-0.3, -0.25) is 9.13 Å². The largest absolute Gasteiger partial charge is 0.452 e. The first-order chi connectivity index (χ1) is 23.8. The lowest BCUT2D eigenvalue weighted by atomic mass is 10.1. The Bertz CT molecular complexity index is 2920. The Morgan fingerprint density at radius 3 is 2.19 bits per heavy atom. The quantitative estimate of drug-likeness (QED) is 0.194. The molecule has 48 heavy (non-hydrogen) atoms. The lowest BCUT2D eigenvalue weighted by Crippen LogP contribution is -2.06. The van der Waals surface area contributed by atoms with Crippen molar-refractivity contribution in [1.29, 1.82) is 0 Å². The molecule has 0 saturated carbocycles. The van der Waals surface area contributed by atoms with Gasteiger partial charge in [-0.05, 0) is 54.6 Å². The zero-order valence-electron chi connectivity index (χ0n) is 25.5. The second-order valence-corrected chi connectivity index (χ2v) is 13.3. The van der Waals surface area contributed by atoms with E-state index >= 15 is 0 Å². The van der Waals surface area contributed by atoms with Crippen LogP contribution < -0.4 is 0 Å². The van der Waals surface area contributed by atoms with Crippen LogP contribution in [-0.4, -0.2) is 19.1 Å². The topological polar surface area (TPSA) is 48.8 Å². The first-order valence-electron chi connectivity index (χ1n) is 16.0. The zero-order chi connectivity index (χ0) is 31.3. The molecule has 0 unspecified atom stereocenters. The van der Waals surface area contributed by atoms with Crippen molar-refractivity contribution >= 4 is 66.7 Å². The van der Waals surface area contributed by atoms with Crippen LogP contribution in [0.4, 0.5) is 0 Å². The van der Waals surface area contributed by atoms with Crippen molar-refractivity contribution in [1.82, 2.24) is 19.1 Å². The molecule has 0 aliphatic carbocycles. The molecule has 4 aromatic heterocycles. The minimum absolute atomic E-state index is 0.669. The molecule has 0 radical (unpaired) electrons. The van der Waals surface area contributed by atoms with Crippen molar-refractivity contribution in [3.05, 3.63) is 146 Å². The summed E-state index contributed by atoms with van der Waals surface area (Å²) in [6, 6.07) is 51.1. The molecule has 0 amide bonds. The molecule has 0 atom stereocenters. The first kappa shape index (κ1) is 26.0. The second kappa shape index (κ2) is 9.70. The molecule has 10 aromatic rings. The predicted octanol–water partition coefficient (Wildman–Crippen LogP) is 11.2. The Morgan fingerprint density at radius 1 is 0.562 bits per heavy atom. The predicted molar refractivity (Wildman–Crippen MR) is 195 cm³/mol. The van der Waals surface area contributed by atoms with Crippen molar-refractivity contribution in [3.8, 4) is 34.0 Å². The van der Waals surface area contributed by atoms with E-state index in [1.54, 1.807) is 0 Å². The minimum atomic E-state index is 0.669. The standard InChI is InChI=1S/C42H24N4OS/c1-3-12-25(13-4-1)37-40-38(29-17-8-10-20-33(29)47-40)44-41(43-37)26-22-23-34-32(24-26)46-39-30(18-11-21-35(39)48-34)36-28-16-7-9-19-31(28)45(42(36)46)27-14-5-2-6-15-27/h1-24H. The van der Waals surface area contributed by atoms with E-state index in [2.05, 4.69) is 118 Å². The van der Waals surface area contributed by atoms with Gasteiger partial charge in [0, 0.05) is 48.2 Å². The lowest BCUT2D eigenvalue weighted by Gasteiger charge is -2.22. The average Bonchev–Trinajstić information content (AvgIpc) is 3.81. The molecule has 0 bridgehead atoms. The van der Waals surface area contributed by atoms with Crippen molar-refractivity contribution < 1.29 is 4.42 Å². The van der Waals surface area contributed by atoms with Gasteiger partial charge in [0.1, 0.15) is 22.4 Å². The summed E-state index contributed by atoms with van der Waals surface area (Å²) in [7, 11) is 0. The maximum absolute atomic E-state index is 6.38. The molecule has 224 valence electrons. The second-order valence-electron chi connectivity index (χ2n) is 12.2. The van der Waals surface area contributed by atoms with E-state index in [0.29, 0.717) is 11.4 Å². The number of rotatable bonds is 3. The normalized spacial score (nSPS) is 12.5. The van der Waals surface area contributed by atoms with E-state index in [-0.39, 0.29) is 0 Å². The number of hydrogen-bond donors (Lipinski definition) is 0. The van der Waals surface area contributed by atoms with Crippen molar-refractivity contribution in [2.75, 3.05) is 0 Å². The van der Waals surface area contributed by atoms with Gasteiger partial charge in [-0.25, -0.2) is 9.97 Å². The highest BCUT2D eigenvalue weighted by atomic mass is 32.2. The molecule has 0 N–H and O–H groups in total. The van der Waals surface area contributed by atoms with E-state index in [9.17, 15) is 0 Å². The van der Waals surface area contributed by atoms with Crippen LogP contribution in [0, 0.1) is 0 Å². The van der Waals surface area contributed by atoms with Crippen molar-refractivity contribution in [3.63, 3.8) is 0 Å². The SMILES string of the molecule is c1ccc(-c2nc(-c3ccc4c(c3)-n3c5c(cccc5c5c6ccccc6n(-c6ccccc6)c53)S4)nc3c2oc2ccccc23)cc1. The molecule has 11 rings (SSSR count). The van der Waals surface area contributed by atoms with Gasteiger partial charge in [0.05, 0.1) is 16.7 Å². The molecule has 6 aromatic carbocycles. The molecule has 0 spiro atoms. The Hall–Kier alpha value is -6.11. The van der Waals surface area contributed by atoms with E-state index in [4.69, 9.17) is 14.4 Å². The molecule has 1 aliphatic rings. The van der Waals surface area contributed by atoms with Crippen LogP contribution in [0.5, 0.6) is 0 Å². The molecular weight excluding hydrogens is 609 g/mol. The summed E-state index contributed by atoms with van der Waals surface area (Å²) >= 11 is 1.82. The van der Waals surface area contributed by atoms with E-state index in [0.717, 1.165) is 50.3 Å². The fraction of sp³-hybridized carbons (Fsp3) is 0. The Kier molecular flexibility index (Phi) is 5.26. The van der Waals surface area contributed by atoms with Gasteiger partial charge in [0.25, 0.3) is 0 Å². The maximum Gasteiger partial charge on any atom is 0.180 e. The fourth-order valence-electron chi connectivity index (χ4n) is 7.47. The fourth-order valence-corrected chi connectivity index (χ4v) is 8.54. The summed E-state index contributed by atoms with van der Waals surface area (Å²) in [4.78, 5) is 12.8. The van der Waals surface area contributed by atoms with Gasteiger partial charge in [-0.1, -0.05) is 103 Å². The smallest absolute Gasteiger partial charge is 0.180 e. The number of para-hydroxylation sites is 4. The summed E-state index contributed by atoms with van der Waals surface area (Å²) in [6.07, 6.45) is 0. The third kappa shape index (κ3) is 3.52. The Balaban J connectivity index is 1.23. The van der Waals surface area contributed by atoms with Crippen LogP contribution in [0.1, 0.15) is 0 Å². The third-order valence-corrected chi connectivity index (χ3v) is 10.6. The molecule has 0 fully saturated rings. The molecule has 5 heterocycles. The number of hydrogen-bond acceptors (Lipinski definition) is 4. The summed E-state index contributed by atoms with van der Waals surface area (Å²) < 4.78 is 11.3. The van der Waals surface area contributed by atoms with Crippen molar-refractivity contribution in [2.24, 2.45) is 0 Å². The highest BCUT2D eigenvalue weighted by Gasteiger charge is 2.28. The lowest BCUT2D eigenvalue weighted by molar-refractivity contribution is 0.667. The zero-order valence-corrected chi connectivity index (χ0v) is 26.3. The Labute approximate surface area is 278 Å². The van der Waals surface area contributed by atoms with Gasteiger partial charge < -0.3 is 4.42 Å². The van der Waals surface area contributed by atoms with Gasteiger partial charge in [0.2, 0.25) is 0 Å². The maximum atomic E-state index is 6.38. The minimum Gasteiger partial charge on any atom is -0.452 e.